The molecule has 0 fully saturated rings. The van der Waals surface area contributed by atoms with Gasteiger partial charge in [0.25, 0.3) is 0 Å². The molecule has 0 aliphatic heterocycles. The SMILES string of the molecule is COC(=O)C(C)Nc1ccc(C(C)(C)C#N)cc1. The van der Waals surface area contributed by atoms with E-state index in [-0.39, 0.29) is 5.97 Å². The summed E-state index contributed by atoms with van der Waals surface area (Å²) in [4.78, 5) is 11.3. The third-order valence-corrected chi connectivity index (χ3v) is 2.82. The maximum atomic E-state index is 11.3. The Morgan fingerprint density at radius 2 is 1.94 bits per heavy atom. The highest BCUT2D eigenvalue weighted by Gasteiger charge is 2.19. The van der Waals surface area contributed by atoms with Gasteiger partial charge in [0.2, 0.25) is 0 Å². The molecule has 1 rings (SSSR count). The molecular formula is C14H18N2O2. The average molecular weight is 246 g/mol. The molecular weight excluding hydrogens is 228 g/mol. The number of nitrogens with zero attached hydrogens (tertiary/aromatic N) is 1. The van der Waals surface area contributed by atoms with Gasteiger partial charge in [0.05, 0.1) is 18.6 Å². The number of nitrogens with one attached hydrogen (secondary N) is 1. The molecule has 0 aliphatic carbocycles. The molecule has 0 bridgehead atoms. The molecule has 4 heteroatoms. The number of hydrogen-bond acceptors (Lipinski definition) is 4. The van der Waals surface area contributed by atoms with Crippen LogP contribution in [0.2, 0.25) is 0 Å². The lowest BCUT2D eigenvalue weighted by Gasteiger charge is -2.17. The van der Waals surface area contributed by atoms with Crippen LogP contribution < -0.4 is 5.32 Å². The van der Waals surface area contributed by atoms with E-state index in [2.05, 4.69) is 16.1 Å². The van der Waals surface area contributed by atoms with Crippen molar-refractivity contribution >= 4 is 11.7 Å². The van der Waals surface area contributed by atoms with Gasteiger partial charge in [-0.05, 0) is 38.5 Å². The molecule has 1 atom stereocenters. The summed E-state index contributed by atoms with van der Waals surface area (Å²) < 4.78 is 4.64. The van der Waals surface area contributed by atoms with E-state index in [1.165, 1.54) is 7.11 Å². The smallest absolute Gasteiger partial charge is 0.327 e. The molecule has 1 aromatic rings. The third-order valence-electron chi connectivity index (χ3n) is 2.82. The summed E-state index contributed by atoms with van der Waals surface area (Å²) in [6.45, 7) is 5.47. The molecule has 1 unspecified atom stereocenters. The highest BCUT2D eigenvalue weighted by molar-refractivity contribution is 5.78. The number of carbonyl (C=O) groups is 1. The fourth-order valence-corrected chi connectivity index (χ4v) is 1.53. The van der Waals surface area contributed by atoms with E-state index in [9.17, 15) is 4.79 Å². The second-order valence-corrected chi connectivity index (χ2v) is 4.70. The molecule has 1 N–H and O–H groups in total. The van der Waals surface area contributed by atoms with E-state index in [0.29, 0.717) is 0 Å². The summed E-state index contributed by atoms with van der Waals surface area (Å²) in [7, 11) is 1.36. The van der Waals surface area contributed by atoms with Crippen LogP contribution in [0.1, 0.15) is 26.3 Å². The second-order valence-electron chi connectivity index (χ2n) is 4.70. The number of methoxy groups -OCH3 is 1. The minimum absolute atomic E-state index is 0.309. The lowest BCUT2D eigenvalue weighted by molar-refractivity contribution is -0.141. The van der Waals surface area contributed by atoms with Gasteiger partial charge in [-0.2, -0.15) is 5.26 Å². The van der Waals surface area contributed by atoms with Crippen molar-refractivity contribution in [2.24, 2.45) is 0 Å². The molecule has 4 nitrogen and oxygen atoms in total. The number of esters is 1. The quantitative estimate of drug-likeness (QED) is 0.829. The monoisotopic (exact) mass is 246 g/mol. The third kappa shape index (κ3) is 3.24. The van der Waals surface area contributed by atoms with E-state index in [4.69, 9.17) is 5.26 Å². The Morgan fingerprint density at radius 1 is 1.39 bits per heavy atom. The van der Waals surface area contributed by atoms with Crippen molar-refractivity contribution in [2.45, 2.75) is 32.2 Å². The Kier molecular flexibility index (Phi) is 4.33. The van der Waals surface area contributed by atoms with Crippen molar-refractivity contribution in [1.82, 2.24) is 0 Å². The predicted molar refractivity (Wildman–Crippen MR) is 70.2 cm³/mol. The molecule has 18 heavy (non-hydrogen) atoms. The Hall–Kier alpha value is -2.02. The van der Waals surface area contributed by atoms with Gasteiger partial charge in [-0.3, -0.25) is 0 Å². The average Bonchev–Trinajstić information content (AvgIpc) is 2.38. The van der Waals surface area contributed by atoms with Gasteiger partial charge in [-0.1, -0.05) is 12.1 Å². The van der Waals surface area contributed by atoms with Crippen LogP contribution in [0.15, 0.2) is 24.3 Å². The molecule has 0 saturated heterocycles. The molecule has 0 heterocycles. The fraction of sp³-hybridized carbons (Fsp3) is 0.429. The number of hydrogen-bond donors (Lipinski definition) is 1. The molecule has 0 aliphatic rings. The van der Waals surface area contributed by atoms with Gasteiger partial charge < -0.3 is 10.1 Å². The summed E-state index contributed by atoms with van der Waals surface area (Å²) in [5.41, 5.74) is 1.26. The Morgan fingerprint density at radius 3 is 2.39 bits per heavy atom. The minimum atomic E-state index is -0.507. The number of nitriles is 1. The minimum Gasteiger partial charge on any atom is -0.467 e. The summed E-state index contributed by atoms with van der Waals surface area (Å²) in [5, 5.41) is 12.1. The lowest BCUT2D eigenvalue weighted by atomic mass is 9.86. The standard InChI is InChI=1S/C14H18N2O2/c1-10(13(17)18-4)16-12-7-5-11(6-8-12)14(2,3)9-15/h5-8,10,16H,1-4H3. The number of anilines is 1. The van der Waals surface area contributed by atoms with Gasteiger partial charge in [0.15, 0.2) is 0 Å². The number of carbonyl (C=O) groups excluding carboxylic acids is 1. The number of benzene rings is 1. The topological polar surface area (TPSA) is 62.1 Å². The first-order chi connectivity index (χ1) is 8.40. The van der Waals surface area contributed by atoms with Crippen molar-refractivity contribution in [2.75, 3.05) is 12.4 Å². The first kappa shape index (κ1) is 14.0. The Balaban J connectivity index is 2.79. The molecule has 96 valence electrons. The molecule has 0 radical (unpaired) electrons. The van der Waals surface area contributed by atoms with Gasteiger partial charge in [-0.15, -0.1) is 0 Å². The maximum absolute atomic E-state index is 11.3. The van der Waals surface area contributed by atoms with Crippen molar-refractivity contribution in [3.63, 3.8) is 0 Å². The van der Waals surface area contributed by atoms with E-state index >= 15 is 0 Å². The van der Waals surface area contributed by atoms with Crippen LogP contribution >= 0.6 is 0 Å². The zero-order valence-electron chi connectivity index (χ0n) is 11.2. The van der Waals surface area contributed by atoms with Crippen LogP contribution in [0.25, 0.3) is 0 Å². The van der Waals surface area contributed by atoms with Crippen LogP contribution in [0.3, 0.4) is 0 Å². The predicted octanol–water partition coefficient (Wildman–Crippen LogP) is 2.46. The van der Waals surface area contributed by atoms with Crippen molar-refractivity contribution in [3.05, 3.63) is 29.8 Å². The highest BCUT2D eigenvalue weighted by atomic mass is 16.5. The first-order valence-corrected chi connectivity index (χ1v) is 5.77. The van der Waals surface area contributed by atoms with Crippen LogP contribution in [0, 0.1) is 11.3 Å². The van der Waals surface area contributed by atoms with Gasteiger partial charge in [0, 0.05) is 5.69 Å². The first-order valence-electron chi connectivity index (χ1n) is 5.77. The number of rotatable bonds is 4. The fourth-order valence-electron chi connectivity index (χ4n) is 1.53. The lowest BCUT2D eigenvalue weighted by Crippen LogP contribution is -2.27. The van der Waals surface area contributed by atoms with Crippen LogP contribution in [0.4, 0.5) is 5.69 Å². The molecule has 1 aromatic carbocycles. The van der Waals surface area contributed by atoms with Gasteiger partial charge in [-0.25, -0.2) is 4.79 Å². The van der Waals surface area contributed by atoms with E-state index in [1.807, 2.05) is 38.1 Å². The maximum Gasteiger partial charge on any atom is 0.327 e. The van der Waals surface area contributed by atoms with Crippen LogP contribution in [-0.4, -0.2) is 19.1 Å². The van der Waals surface area contributed by atoms with E-state index < -0.39 is 11.5 Å². The Labute approximate surface area is 108 Å². The Bertz CT molecular complexity index is 458. The van der Waals surface area contributed by atoms with E-state index in [1.54, 1.807) is 6.92 Å². The summed E-state index contributed by atoms with van der Waals surface area (Å²) in [6, 6.07) is 9.33. The molecule has 0 aromatic heterocycles. The number of ether oxygens (including phenoxy) is 1. The normalized spacial score (nSPS) is 12.4. The molecule has 0 spiro atoms. The van der Waals surface area contributed by atoms with Crippen LogP contribution in [-0.2, 0) is 14.9 Å². The molecule has 0 saturated carbocycles. The molecule has 0 amide bonds. The van der Waals surface area contributed by atoms with Crippen molar-refractivity contribution in [3.8, 4) is 6.07 Å². The summed E-state index contributed by atoms with van der Waals surface area (Å²) in [5.74, 6) is -0.309. The van der Waals surface area contributed by atoms with Crippen molar-refractivity contribution in [1.29, 1.82) is 5.26 Å². The summed E-state index contributed by atoms with van der Waals surface area (Å²) in [6.07, 6.45) is 0. The van der Waals surface area contributed by atoms with Gasteiger partial charge in [0.1, 0.15) is 6.04 Å². The second kappa shape index (κ2) is 5.54. The zero-order chi connectivity index (χ0) is 13.8. The van der Waals surface area contributed by atoms with Gasteiger partial charge >= 0.3 is 5.97 Å². The van der Waals surface area contributed by atoms with Crippen LogP contribution in [0.5, 0.6) is 0 Å². The van der Waals surface area contributed by atoms with Crippen molar-refractivity contribution < 1.29 is 9.53 Å². The highest BCUT2D eigenvalue weighted by Crippen LogP contribution is 2.23. The zero-order valence-corrected chi connectivity index (χ0v) is 11.2. The largest absolute Gasteiger partial charge is 0.467 e. The van der Waals surface area contributed by atoms with E-state index in [0.717, 1.165) is 11.3 Å². The summed E-state index contributed by atoms with van der Waals surface area (Å²) >= 11 is 0.